The summed E-state index contributed by atoms with van der Waals surface area (Å²) in [5.74, 6) is 1.70. The molecule has 0 spiro atoms. The van der Waals surface area contributed by atoms with Crippen molar-refractivity contribution in [3.63, 3.8) is 0 Å². The molecule has 5 nitrogen and oxygen atoms in total. The first-order chi connectivity index (χ1) is 9.54. The molecule has 3 N–H and O–H groups in total. The van der Waals surface area contributed by atoms with Gasteiger partial charge in [0.25, 0.3) is 0 Å². The van der Waals surface area contributed by atoms with E-state index < -0.39 is 0 Å². The molecule has 106 valence electrons. The van der Waals surface area contributed by atoms with Gasteiger partial charge in [-0.25, -0.2) is 0 Å². The van der Waals surface area contributed by atoms with E-state index in [1.54, 1.807) is 24.8 Å². The van der Waals surface area contributed by atoms with Gasteiger partial charge in [-0.2, -0.15) is 0 Å². The largest absolute Gasteiger partial charge is 0.398 e. The Labute approximate surface area is 121 Å². The van der Waals surface area contributed by atoms with Crippen LogP contribution in [-0.4, -0.2) is 16.8 Å². The third kappa shape index (κ3) is 4.03. The molecule has 1 aromatic heterocycles. The molecule has 0 bridgehead atoms. The monoisotopic (exact) mass is 291 g/mol. The highest BCUT2D eigenvalue weighted by atomic mass is 32.2. The fourth-order valence-electron chi connectivity index (χ4n) is 1.68. The number of amides is 1. The summed E-state index contributed by atoms with van der Waals surface area (Å²) in [7, 11) is 0. The molecule has 0 aliphatic carbocycles. The van der Waals surface area contributed by atoms with Crippen molar-refractivity contribution in [1.29, 1.82) is 0 Å². The summed E-state index contributed by atoms with van der Waals surface area (Å²) in [4.78, 5) is 12.7. The number of anilines is 2. The maximum Gasteiger partial charge on any atom is 0.226 e. The second-order valence-corrected chi connectivity index (χ2v) is 5.65. The molecule has 1 aromatic carbocycles. The van der Waals surface area contributed by atoms with E-state index in [1.165, 1.54) is 0 Å². The van der Waals surface area contributed by atoms with Crippen LogP contribution < -0.4 is 11.1 Å². The van der Waals surface area contributed by atoms with Crippen LogP contribution in [0.5, 0.6) is 0 Å². The van der Waals surface area contributed by atoms with Gasteiger partial charge in [-0.05, 0) is 31.5 Å². The highest BCUT2D eigenvalue weighted by Crippen LogP contribution is 2.26. The molecule has 0 fully saturated rings. The Balaban J connectivity index is 1.79. The number of hydrogen-bond acceptors (Lipinski definition) is 5. The molecule has 0 saturated carbocycles. The summed E-state index contributed by atoms with van der Waals surface area (Å²) in [5.41, 5.74) is 7.80. The third-order valence-electron chi connectivity index (χ3n) is 2.65. The Morgan fingerprint density at radius 2 is 2.20 bits per heavy atom. The van der Waals surface area contributed by atoms with Crippen molar-refractivity contribution in [3.05, 3.63) is 35.6 Å². The molecule has 0 unspecified atom stereocenters. The molecule has 0 aliphatic rings. The first-order valence-corrected chi connectivity index (χ1v) is 7.25. The summed E-state index contributed by atoms with van der Waals surface area (Å²) < 4.78 is 4.88. The first-order valence-electron chi connectivity index (χ1n) is 6.26. The topological polar surface area (TPSA) is 81.2 Å². The van der Waals surface area contributed by atoms with Crippen molar-refractivity contribution in [2.75, 3.05) is 16.8 Å². The van der Waals surface area contributed by atoms with Crippen molar-refractivity contribution >= 4 is 29.2 Å². The summed E-state index contributed by atoms with van der Waals surface area (Å²) in [6, 6.07) is 7.61. The van der Waals surface area contributed by atoms with Crippen molar-refractivity contribution in [2.24, 2.45) is 0 Å². The van der Waals surface area contributed by atoms with E-state index in [2.05, 4.69) is 10.5 Å². The van der Waals surface area contributed by atoms with Crippen molar-refractivity contribution in [3.8, 4) is 0 Å². The highest BCUT2D eigenvalue weighted by Gasteiger charge is 2.07. The second-order valence-electron chi connectivity index (χ2n) is 4.51. The van der Waals surface area contributed by atoms with Crippen LogP contribution in [0.25, 0.3) is 0 Å². The summed E-state index contributed by atoms with van der Waals surface area (Å²) in [5, 5.41) is 6.40. The number of rotatable bonds is 5. The number of aromatic nitrogens is 1. The summed E-state index contributed by atoms with van der Waals surface area (Å²) in [6.07, 6.45) is 0.393. The van der Waals surface area contributed by atoms with Crippen LogP contribution in [-0.2, 0) is 4.79 Å². The molecular formula is C14H17N3O2S. The fraction of sp³-hybridized carbons (Fsp3) is 0.286. The predicted molar refractivity (Wildman–Crippen MR) is 80.8 cm³/mol. The molecule has 20 heavy (non-hydrogen) atoms. The average Bonchev–Trinajstić information content (AvgIpc) is 2.77. The van der Waals surface area contributed by atoms with Crippen LogP contribution in [0.2, 0.25) is 0 Å². The minimum atomic E-state index is -0.0866. The van der Waals surface area contributed by atoms with Gasteiger partial charge in [-0.3, -0.25) is 4.79 Å². The van der Waals surface area contributed by atoms with Crippen molar-refractivity contribution in [1.82, 2.24) is 5.16 Å². The van der Waals surface area contributed by atoms with Gasteiger partial charge < -0.3 is 15.6 Å². The number of nitrogens with one attached hydrogen (secondary N) is 1. The average molecular weight is 291 g/mol. The Kier molecular flexibility index (Phi) is 4.68. The van der Waals surface area contributed by atoms with E-state index in [9.17, 15) is 4.79 Å². The Bertz CT molecular complexity index is 610. The molecule has 0 aliphatic heterocycles. The van der Waals surface area contributed by atoms with Gasteiger partial charge in [0.2, 0.25) is 5.91 Å². The van der Waals surface area contributed by atoms with Crippen LogP contribution in [0.4, 0.5) is 11.5 Å². The van der Waals surface area contributed by atoms with Crippen molar-refractivity contribution < 1.29 is 9.32 Å². The lowest BCUT2D eigenvalue weighted by Crippen LogP contribution is -2.12. The summed E-state index contributed by atoms with van der Waals surface area (Å²) >= 11 is 1.57. The molecule has 0 atom stereocenters. The first kappa shape index (κ1) is 14.5. The minimum absolute atomic E-state index is 0.0866. The number of benzene rings is 1. The zero-order chi connectivity index (χ0) is 14.5. The lowest BCUT2D eigenvalue weighted by molar-refractivity contribution is -0.115. The predicted octanol–water partition coefficient (Wildman–Crippen LogP) is 2.99. The Hall–Kier alpha value is -1.95. The number of carbonyl (C=O) groups excluding carboxylic acids is 1. The van der Waals surface area contributed by atoms with Gasteiger partial charge in [0.05, 0.1) is 0 Å². The molecule has 0 radical (unpaired) electrons. The maximum absolute atomic E-state index is 11.7. The van der Waals surface area contributed by atoms with E-state index >= 15 is 0 Å². The Morgan fingerprint density at radius 3 is 2.85 bits per heavy atom. The van der Waals surface area contributed by atoms with Crippen LogP contribution in [0.15, 0.2) is 33.7 Å². The maximum atomic E-state index is 11.7. The zero-order valence-electron chi connectivity index (χ0n) is 11.5. The SMILES string of the molecule is Cc1ccc(SCCC(=O)Nc2cc(C)on2)c(N)c1. The van der Waals surface area contributed by atoms with Gasteiger partial charge in [0, 0.05) is 28.8 Å². The van der Waals surface area contributed by atoms with Gasteiger partial charge in [-0.1, -0.05) is 11.2 Å². The number of nitrogens with two attached hydrogens (primary N) is 1. The number of thioether (sulfide) groups is 1. The van der Waals surface area contributed by atoms with E-state index in [-0.39, 0.29) is 5.91 Å². The van der Waals surface area contributed by atoms with E-state index in [0.29, 0.717) is 23.8 Å². The van der Waals surface area contributed by atoms with Gasteiger partial charge >= 0.3 is 0 Å². The van der Waals surface area contributed by atoms with Crippen molar-refractivity contribution in [2.45, 2.75) is 25.2 Å². The molecular weight excluding hydrogens is 274 g/mol. The molecule has 2 aromatic rings. The number of hydrogen-bond donors (Lipinski definition) is 2. The number of nitrogen functional groups attached to an aromatic ring is 1. The number of carbonyl (C=O) groups is 1. The van der Waals surface area contributed by atoms with Gasteiger partial charge in [0.1, 0.15) is 5.76 Å². The number of aryl methyl sites for hydroxylation is 2. The van der Waals surface area contributed by atoms with Crippen LogP contribution in [0.1, 0.15) is 17.7 Å². The quantitative estimate of drug-likeness (QED) is 0.654. The minimum Gasteiger partial charge on any atom is -0.398 e. The lowest BCUT2D eigenvalue weighted by Gasteiger charge is -2.06. The fourth-order valence-corrected chi connectivity index (χ4v) is 2.58. The Morgan fingerprint density at radius 1 is 1.40 bits per heavy atom. The third-order valence-corrected chi connectivity index (χ3v) is 3.74. The summed E-state index contributed by atoms with van der Waals surface area (Å²) in [6.45, 7) is 3.77. The second kappa shape index (κ2) is 6.47. The number of nitrogens with zero attached hydrogens (tertiary/aromatic N) is 1. The molecule has 0 saturated heterocycles. The zero-order valence-corrected chi connectivity index (χ0v) is 12.3. The molecule has 2 rings (SSSR count). The standard InChI is InChI=1S/C14H17N3O2S/c1-9-3-4-12(11(15)7-9)20-6-5-14(18)16-13-8-10(2)19-17-13/h3-4,7-8H,5-6,15H2,1-2H3,(H,16,17,18). The molecule has 1 amide bonds. The van der Waals surface area contributed by atoms with Crippen LogP contribution >= 0.6 is 11.8 Å². The van der Waals surface area contributed by atoms with E-state index in [4.69, 9.17) is 10.3 Å². The van der Waals surface area contributed by atoms with Gasteiger partial charge in [0.15, 0.2) is 5.82 Å². The normalized spacial score (nSPS) is 10.5. The van der Waals surface area contributed by atoms with Crippen LogP contribution in [0.3, 0.4) is 0 Å². The molecule has 6 heteroatoms. The van der Waals surface area contributed by atoms with Crippen LogP contribution in [0, 0.1) is 13.8 Å². The van der Waals surface area contributed by atoms with Gasteiger partial charge in [-0.15, -0.1) is 11.8 Å². The van der Waals surface area contributed by atoms with E-state index in [1.807, 2.05) is 25.1 Å². The van der Waals surface area contributed by atoms with E-state index in [0.717, 1.165) is 16.1 Å². The lowest BCUT2D eigenvalue weighted by atomic mass is 10.2. The molecule has 1 heterocycles. The highest BCUT2D eigenvalue weighted by molar-refractivity contribution is 7.99. The smallest absolute Gasteiger partial charge is 0.226 e.